The Balaban J connectivity index is 1.14. The van der Waals surface area contributed by atoms with Crippen molar-refractivity contribution in [3.63, 3.8) is 0 Å². The quantitative estimate of drug-likeness (QED) is 0.0753. The third kappa shape index (κ3) is 8.27. The molecule has 0 aromatic heterocycles. The molecule has 0 atom stereocenters. The molecule has 0 saturated heterocycles. The molecule has 0 radical (unpaired) electrons. The molecule has 274 valence electrons. The SMILES string of the molecule is O=C(Nc1cccc(C(=O)Nc2cc3cc(O)ccc3cc2S(=O)(=O)O)c1)C(=O)Nc1cccc(C(=O)Nc2cc3cc(O)ccc3cc2S(=O)(=O)O)c1. The molecule has 8 N–H and O–H groups in total. The molecule has 6 rings (SSSR count). The second-order valence-corrected chi connectivity index (χ2v) is 14.5. The van der Waals surface area contributed by atoms with Gasteiger partial charge in [-0.15, -0.1) is 0 Å². The zero-order valence-electron chi connectivity index (χ0n) is 27.3. The molecule has 0 aliphatic rings. The van der Waals surface area contributed by atoms with Crippen molar-refractivity contribution in [2.75, 3.05) is 21.3 Å². The Morgan fingerprint density at radius 1 is 0.444 bits per heavy atom. The summed E-state index contributed by atoms with van der Waals surface area (Å²) in [5.41, 5.74) is -0.752. The molecule has 4 amide bonds. The van der Waals surface area contributed by atoms with Crippen LogP contribution >= 0.6 is 0 Å². The maximum Gasteiger partial charge on any atom is 0.314 e. The third-order valence-electron chi connectivity index (χ3n) is 7.87. The monoisotopic (exact) mass is 770 g/mol. The average molecular weight is 771 g/mol. The van der Waals surface area contributed by atoms with Crippen LogP contribution in [0.2, 0.25) is 0 Å². The molecule has 16 nitrogen and oxygen atoms in total. The Kier molecular flexibility index (Phi) is 9.76. The first kappa shape index (κ1) is 36.9. The summed E-state index contributed by atoms with van der Waals surface area (Å²) >= 11 is 0. The van der Waals surface area contributed by atoms with Crippen molar-refractivity contribution in [2.24, 2.45) is 0 Å². The maximum absolute atomic E-state index is 13.1. The van der Waals surface area contributed by atoms with Crippen molar-refractivity contribution < 1.29 is 55.3 Å². The van der Waals surface area contributed by atoms with Crippen molar-refractivity contribution in [2.45, 2.75) is 9.79 Å². The number of phenolic OH excluding ortho intramolecular Hbond substituents is 2. The van der Waals surface area contributed by atoms with Crippen LogP contribution < -0.4 is 21.3 Å². The summed E-state index contributed by atoms with van der Waals surface area (Å²) < 4.78 is 67.9. The highest BCUT2D eigenvalue weighted by Gasteiger charge is 2.22. The minimum atomic E-state index is -4.80. The molecule has 6 aromatic rings. The lowest BCUT2D eigenvalue weighted by Crippen LogP contribution is -2.29. The number of carbonyl (C=O) groups is 4. The van der Waals surface area contributed by atoms with Crippen LogP contribution in [0.3, 0.4) is 0 Å². The van der Waals surface area contributed by atoms with Gasteiger partial charge in [0.05, 0.1) is 11.4 Å². The fourth-order valence-corrected chi connectivity index (χ4v) is 6.72. The number of hydrogen-bond donors (Lipinski definition) is 8. The summed E-state index contributed by atoms with van der Waals surface area (Å²) in [5, 5.41) is 30.5. The number of nitrogens with one attached hydrogen (secondary N) is 4. The zero-order chi connectivity index (χ0) is 38.9. The Bertz CT molecular complexity index is 2600. The van der Waals surface area contributed by atoms with Gasteiger partial charge < -0.3 is 31.5 Å². The van der Waals surface area contributed by atoms with E-state index in [9.17, 15) is 55.3 Å². The topological polar surface area (TPSA) is 266 Å². The van der Waals surface area contributed by atoms with Crippen molar-refractivity contribution in [1.29, 1.82) is 0 Å². The van der Waals surface area contributed by atoms with Crippen molar-refractivity contribution in [3.05, 3.63) is 120 Å². The summed E-state index contributed by atoms with van der Waals surface area (Å²) in [4.78, 5) is 50.7. The van der Waals surface area contributed by atoms with Gasteiger partial charge in [-0.3, -0.25) is 28.3 Å². The molecule has 0 aliphatic heterocycles. The van der Waals surface area contributed by atoms with Crippen molar-refractivity contribution >= 4 is 88.2 Å². The summed E-state index contributed by atoms with van der Waals surface area (Å²) in [5.74, 6) is -4.30. The van der Waals surface area contributed by atoms with E-state index in [2.05, 4.69) is 21.3 Å². The van der Waals surface area contributed by atoms with Gasteiger partial charge in [0.2, 0.25) is 0 Å². The maximum atomic E-state index is 13.1. The van der Waals surface area contributed by atoms with E-state index in [1.54, 1.807) is 0 Å². The van der Waals surface area contributed by atoms with Crippen LogP contribution in [0, 0.1) is 0 Å². The van der Waals surface area contributed by atoms with Gasteiger partial charge in [-0.1, -0.05) is 24.3 Å². The number of phenols is 2. The largest absolute Gasteiger partial charge is 0.508 e. The van der Waals surface area contributed by atoms with Gasteiger partial charge in [0, 0.05) is 22.5 Å². The Hall–Kier alpha value is -6.86. The second kappa shape index (κ2) is 14.3. The number of carbonyl (C=O) groups excluding carboxylic acids is 4. The summed E-state index contributed by atoms with van der Waals surface area (Å²) in [6.07, 6.45) is 0. The predicted molar refractivity (Wildman–Crippen MR) is 197 cm³/mol. The van der Waals surface area contributed by atoms with Crippen LogP contribution in [0.5, 0.6) is 11.5 Å². The lowest BCUT2D eigenvalue weighted by molar-refractivity contribution is -0.132. The number of benzene rings is 6. The highest BCUT2D eigenvalue weighted by Crippen LogP contribution is 2.32. The predicted octanol–water partition coefficient (Wildman–Crippen LogP) is 4.98. The van der Waals surface area contributed by atoms with E-state index in [0.717, 1.165) is 12.1 Å². The summed E-state index contributed by atoms with van der Waals surface area (Å²) in [6, 6.07) is 23.4. The van der Waals surface area contributed by atoms with Crippen LogP contribution in [0.4, 0.5) is 22.7 Å². The fraction of sp³-hybridized carbons (Fsp3) is 0. The number of rotatable bonds is 8. The van der Waals surface area contributed by atoms with Crippen molar-refractivity contribution in [1.82, 2.24) is 0 Å². The van der Waals surface area contributed by atoms with Gasteiger partial charge in [-0.25, -0.2) is 0 Å². The molecule has 0 aliphatic carbocycles. The molecular weight excluding hydrogens is 745 g/mol. The molecule has 54 heavy (non-hydrogen) atoms. The van der Waals surface area contributed by atoms with Gasteiger partial charge in [0.1, 0.15) is 21.3 Å². The molecule has 0 saturated carbocycles. The first-order valence-corrected chi connectivity index (χ1v) is 18.3. The number of anilines is 4. The molecule has 0 fully saturated rings. The fourth-order valence-electron chi connectivity index (χ4n) is 5.39. The van der Waals surface area contributed by atoms with Crippen molar-refractivity contribution in [3.8, 4) is 11.5 Å². The zero-order valence-corrected chi connectivity index (χ0v) is 28.9. The van der Waals surface area contributed by atoms with Gasteiger partial charge >= 0.3 is 11.8 Å². The van der Waals surface area contributed by atoms with Gasteiger partial charge in [-0.05, 0) is 106 Å². The van der Waals surface area contributed by atoms with Crippen LogP contribution in [0.25, 0.3) is 21.5 Å². The highest BCUT2D eigenvalue weighted by molar-refractivity contribution is 7.86. The van der Waals surface area contributed by atoms with E-state index in [-0.39, 0.29) is 45.4 Å². The number of fused-ring (bicyclic) bond motifs is 2. The normalized spacial score (nSPS) is 11.5. The van der Waals surface area contributed by atoms with Crippen LogP contribution in [-0.4, -0.2) is 59.8 Å². The van der Waals surface area contributed by atoms with E-state index in [1.165, 1.54) is 97.1 Å². The first-order chi connectivity index (χ1) is 25.4. The highest BCUT2D eigenvalue weighted by atomic mass is 32.2. The lowest BCUT2D eigenvalue weighted by Gasteiger charge is -2.13. The number of amides is 4. The number of hydrogen-bond acceptors (Lipinski definition) is 10. The van der Waals surface area contributed by atoms with E-state index < -0.39 is 53.7 Å². The first-order valence-electron chi connectivity index (χ1n) is 15.4. The molecular formula is C36H26N4O12S2. The minimum absolute atomic E-state index is 0.00675. The smallest absolute Gasteiger partial charge is 0.314 e. The van der Waals surface area contributed by atoms with Gasteiger partial charge in [0.25, 0.3) is 32.1 Å². The Morgan fingerprint density at radius 3 is 1.20 bits per heavy atom. The standard InChI is InChI=1S/C36H26N4O12S2/c41-27-9-7-19-17-31(53(47,48)49)29(15-23(19)13-27)39-33(43)21-3-1-5-25(11-21)37-35(45)36(46)38-26-6-2-4-22(12-26)34(44)40-30-16-24-14-28(42)10-8-20(24)18-32(30)54(50,51)52/h1-18,41-42H,(H,37,45)(H,38,46)(H,39,43)(H,40,44)(H,47,48,49)(H,50,51,52). The van der Waals surface area contributed by atoms with Crippen LogP contribution in [0.15, 0.2) is 119 Å². The molecule has 6 aromatic carbocycles. The molecule has 0 bridgehead atoms. The van der Waals surface area contributed by atoms with Gasteiger partial charge in [0.15, 0.2) is 0 Å². The lowest BCUT2D eigenvalue weighted by atomic mass is 10.1. The second-order valence-electron chi connectivity index (χ2n) is 11.7. The molecule has 0 unspecified atom stereocenters. The van der Waals surface area contributed by atoms with E-state index in [1.807, 2.05) is 0 Å². The molecule has 18 heteroatoms. The third-order valence-corrected chi connectivity index (χ3v) is 9.66. The van der Waals surface area contributed by atoms with Crippen LogP contribution in [-0.2, 0) is 29.8 Å². The molecule has 0 heterocycles. The van der Waals surface area contributed by atoms with E-state index in [4.69, 9.17) is 0 Å². The van der Waals surface area contributed by atoms with Crippen LogP contribution in [0.1, 0.15) is 20.7 Å². The Morgan fingerprint density at radius 2 is 0.833 bits per heavy atom. The number of aromatic hydroxyl groups is 2. The van der Waals surface area contributed by atoms with E-state index in [0.29, 0.717) is 21.5 Å². The van der Waals surface area contributed by atoms with Gasteiger partial charge in [-0.2, -0.15) is 16.8 Å². The summed E-state index contributed by atoms with van der Waals surface area (Å²) in [6.45, 7) is 0. The van der Waals surface area contributed by atoms with E-state index >= 15 is 0 Å². The minimum Gasteiger partial charge on any atom is -0.508 e. The Labute approximate surface area is 305 Å². The average Bonchev–Trinajstić information content (AvgIpc) is 3.10. The summed E-state index contributed by atoms with van der Waals surface area (Å²) in [7, 11) is -9.60. The molecule has 0 spiro atoms.